The average molecular weight is 223 g/mol. The maximum absolute atomic E-state index is 5.66. The van der Waals surface area contributed by atoms with Gasteiger partial charge in [-0.2, -0.15) is 11.8 Å². The molecule has 15 heavy (non-hydrogen) atoms. The van der Waals surface area contributed by atoms with E-state index in [9.17, 15) is 0 Å². The summed E-state index contributed by atoms with van der Waals surface area (Å²) in [4.78, 5) is 4.05. The molecule has 0 spiro atoms. The van der Waals surface area contributed by atoms with Crippen LogP contribution in [0.25, 0.3) is 0 Å². The lowest BCUT2D eigenvalue weighted by atomic mass is 10.2. The molecule has 0 bridgehead atoms. The van der Waals surface area contributed by atoms with Crippen LogP contribution in [0, 0.1) is 0 Å². The molecule has 1 unspecified atom stereocenters. The number of thioether (sulfide) groups is 1. The van der Waals surface area contributed by atoms with Gasteiger partial charge in [0.05, 0.1) is 17.6 Å². The van der Waals surface area contributed by atoms with Gasteiger partial charge in [-0.15, -0.1) is 0 Å². The van der Waals surface area contributed by atoms with Gasteiger partial charge in [0, 0.05) is 18.0 Å². The fraction of sp³-hybridized carbons (Fsp3) is 0.545. The van der Waals surface area contributed by atoms with Crippen molar-refractivity contribution in [2.75, 3.05) is 23.3 Å². The molecule has 0 radical (unpaired) electrons. The molecule has 3 N–H and O–H groups in total. The molecule has 1 aliphatic heterocycles. The zero-order valence-corrected chi connectivity index (χ0v) is 9.59. The van der Waals surface area contributed by atoms with E-state index in [0.717, 1.165) is 23.2 Å². The number of aromatic nitrogens is 1. The lowest BCUT2D eigenvalue weighted by Gasteiger charge is -2.21. The number of nitrogens with one attached hydrogen (secondary N) is 1. The molecule has 1 aromatic heterocycles. The predicted octanol–water partition coefficient (Wildman–Crippen LogP) is 2.36. The lowest BCUT2D eigenvalue weighted by Crippen LogP contribution is -2.20. The molecule has 0 aliphatic carbocycles. The quantitative estimate of drug-likeness (QED) is 0.826. The smallest absolute Gasteiger partial charge is 0.0547 e. The third-order valence-corrected chi connectivity index (χ3v) is 3.97. The summed E-state index contributed by atoms with van der Waals surface area (Å²) >= 11 is 2.07. The van der Waals surface area contributed by atoms with Crippen molar-refractivity contribution >= 4 is 23.1 Å². The van der Waals surface area contributed by atoms with Gasteiger partial charge in [0.1, 0.15) is 0 Å². The van der Waals surface area contributed by atoms with Crippen LogP contribution in [0.2, 0.25) is 0 Å². The van der Waals surface area contributed by atoms with Gasteiger partial charge >= 0.3 is 0 Å². The number of rotatable bonds is 3. The molecular formula is C11H17N3S. The third-order valence-electron chi connectivity index (χ3n) is 2.57. The number of hydrogen-bond acceptors (Lipinski definition) is 4. The van der Waals surface area contributed by atoms with E-state index in [4.69, 9.17) is 5.73 Å². The maximum atomic E-state index is 5.66. The standard InChI is InChI=1S/C11H17N3S/c12-9-5-10(7-13-6-9)14-8-11-3-1-2-4-15-11/h5-7,11,14H,1-4,8,12H2. The van der Waals surface area contributed by atoms with Gasteiger partial charge in [0.15, 0.2) is 0 Å². The predicted molar refractivity (Wildman–Crippen MR) is 67.2 cm³/mol. The van der Waals surface area contributed by atoms with Crippen molar-refractivity contribution < 1.29 is 0 Å². The maximum Gasteiger partial charge on any atom is 0.0547 e. The summed E-state index contributed by atoms with van der Waals surface area (Å²) in [7, 11) is 0. The van der Waals surface area contributed by atoms with Gasteiger partial charge in [-0.25, -0.2) is 0 Å². The fourth-order valence-electron chi connectivity index (χ4n) is 1.75. The number of pyridine rings is 1. The van der Waals surface area contributed by atoms with Crippen molar-refractivity contribution in [3.63, 3.8) is 0 Å². The second-order valence-electron chi connectivity index (χ2n) is 3.88. The van der Waals surface area contributed by atoms with Crippen molar-refractivity contribution in [1.82, 2.24) is 4.98 Å². The summed E-state index contributed by atoms with van der Waals surface area (Å²) in [6.07, 6.45) is 7.56. The number of hydrogen-bond donors (Lipinski definition) is 2. The first kappa shape index (κ1) is 10.6. The fourth-order valence-corrected chi connectivity index (χ4v) is 2.99. The lowest BCUT2D eigenvalue weighted by molar-refractivity contribution is 0.677. The van der Waals surface area contributed by atoms with Crippen LogP contribution < -0.4 is 11.1 Å². The normalized spacial score (nSPS) is 21.2. The highest BCUT2D eigenvalue weighted by Gasteiger charge is 2.13. The summed E-state index contributed by atoms with van der Waals surface area (Å²) in [5.41, 5.74) is 7.41. The molecule has 2 rings (SSSR count). The SMILES string of the molecule is Nc1cncc(NCC2CCCCS2)c1. The summed E-state index contributed by atoms with van der Waals surface area (Å²) in [6.45, 7) is 1.02. The Labute approximate surface area is 94.8 Å². The van der Waals surface area contributed by atoms with E-state index in [1.165, 1.54) is 25.0 Å². The molecule has 2 heterocycles. The van der Waals surface area contributed by atoms with Crippen LogP contribution in [0.3, 0.4) is 0 Å². The second kappa shape index (κ2) is 5.26. The van der Waals surface area contributed by atoms with E-state index in [-0.39, 0.29) is 0 Å². The van der Waals surface area contributed by atoms with Crippen molar-refractivity contribution in [2.24, 2.45) is 0 Å². The molecular weight excluding hydrogens is 206 g/mol. The van der Waals surface area contributed by atoms with Crippen LogP contribution >= 0.6 is 11.8 Å². The Morgan fingerprint density at radius 2 is 2.40 bits per heavy atom. The zero-order valence-electron chi connectivity index (χ0n) is 8.78. The van der Waals surface area contributed by atoms with E-state index >= 15 is 0 Å². The van der Waals surface area contributed by atoms with E-state index < -0.39 is 0 Å². The Bertz CT molecular complexity index is 310. The number of nitrogen functional groups attached to an aromatic ring is 1. The molecule has 0 saturated carbocycles. The minimum absolute atomic E-state index is 0.719. The topological polar surface area (TPSA) is 50.9 Å². The van der Waals surface area contributed by atoms with E-state index in [1.54, 1.807) is 6.20 Å². The van der Waals surface area contributed by atoms with Gasteiger partial charge in [0.25, 0.3) is 0 Å². The molecule has 1 atom stereocenters. The number of nitrogens with zero attached hydrogens (tertiary/aromatic N) is 1. The monoisotopic (exact) mass is 223 g/mol. The minimum atomic E-state index is 0.719. The van der Waals surface area contributed by atoms with Crippen LogP contribution in [0.4, 0.5) is 11.4 Å². The van der Waals surface area contributed by atoms with Gasteiger partial charge in [-0.05, 0) is 24.7 Å². The van der Waals surface area contributed by atoms with Crippen LogP contribution in [-0.2, 0) is 0 Å². The summed E-state index contributed by atoms with van der Waals surface area (Å²) in [5.74, 6) is 1.31. The molecule has 1 aliphatic rings. The molecule has 1 fully saturated rings. The summed E-state index contributed by atoms with van der Waals surface area (Å²) in [6, 6.07) is 1.93. The third kappa shape index (κ3) is 3.30. The Morgan fingerprint density at radius 1 is 1.47 bits per heavy atom. The van der Waals surface area contributed by atoms with Gasteiger partial charge < -0.3 is 11.1 Å². The van der Waals surface area contributed by atoms with Crippen LogP contribution in [0.5, 0.6) is 0 Å². The highest BCUT2D eigenvalue weighted by molar-refractivity contribution is 7.99. The van der Waals surface area contributed by atoms with E-state index in [2.05, 4.69) is 22.1 Å². The van der Waals surface area contributed by atoms with Crippen LogP contribution in [0.1, 0.15) is 19.3 Å². The molecule has 3 nitrogen and oxygen atoms in total. The second-order valence-corrected chi connectivity index (χ2v) is 5.28. The Morgan fingerprint density at radius 3 is 3.13 bits per heavy atom. The summed E-state index contributed by atoms with van der Waals surface area (Å²) in [5, 5.41) is 4.14. The van der Waals surface area contributed by atoms with Crippen LogP contribution in [-0.4, -0.2) is 22.5 Å². The first-order valence-corrected chi connectivity index (χ1v) is 6.45. The van der Waals surface area contributed by atoms with Crippen molar-refractivity contribution in [2.45, 2.75) is 24.5 Å². The van der Waals surface area contributed by atoms with Crippen molar-refractivity contribution in [3.05, 3.63) is 18.5 Å². The molecule has 1 aromatic rings. The first-order chi connectivity index (χ1) is 7.34. The largest absolute Gasteiger partial charge is 0.397 e. The van der Waals surface area contributed by atoms with Gasteiger partial charge in [-0.1, -0.05) is 6.42 Å². The molecule has 1 saturated heterocycles. The molecule has 82 valence electrons. The van der Waals surface area contributed by atoms with Crippen LogP contribution in [0.15, 0.2) is 18.5 Å². The van der Waals surface area contributed by atoms with Gasteiger partial charge in [-0.3, -0.25) is 4.98 Å². The zero-order chi connectivity index (χ0) is 10.5. The summed E-state index contributed by atoms with van der Waals surface area (Å²) < 4.78 is 0. The Hall–Kier alpha value is -0.900. The van der Waals surface area contributed by atoms with E-state index in [0.29, 0.717) is 0 Å². The minimum Gasteiger partial charge on any atom is -0.397 e. The van der Waals surface area contributed by atoms with Crippen molar-refractivity contribution in [1.29, 1.82) is 0 Å². The highest BCUT2D eigenvalue weighted by atomic mass is 32.2. The highest BCUT2D eigenvalue weighted by Crippen LogP contribution is 2.25. The Kier molecular flexibility index (Phi) is 3.72. The molecule has 4 heteroatoms. The van der Waals surface area contributed by atoms with Gasteiger partial charge in [0.2, 0.25) is 0 Å². The number of anilines is 2. The van der Waals surface area contributed by atoms with E-state index in [1.807, 2.05) is 12.3 Å². The first-order valence-electron chi connectivity index (χ1n) is 5.40. The Balaban J connectivity index is 1.81. The van der Waals surface area contributed by atoms with Crippen molar-refractivity contribution in [3.8, 4) is 0 Å². The average Bonchev–Trinajstić information content (AvgIpc) is 2.28. The molecule has 0 aromatic carbocycles. The number of nitrogens with two attached hydrogens (primary N) is 1. The molecule has 0 amide bonds.